The highest BCUT2D eigenvalue weighted by molar-refractivity contribution is 7.91. The van der Waals surface area contributed by atoms with E-state index in [1.165, 1.54) is 12.8 Å². The summed E-state index contributed by atoms with van der Waals surface area (Å²) in [6.07, 6.45) is 5.13. The largest absolute Gasteiger partial charge is 0.349 e. The van der Waals surface area contributed by atoms with Gasteiger partial charge in [0.2, 0.25) is 5.91 Å². The number of benzene rings is 1. The van der Waals surface area contributed by atoms with Crippen LogP contribution in [0.3, 0.4) is 0 Å². The predicted molar refractivity (Wildman–Crippen MR) is 86.0 cm³/mol. The van der Waals surface area contributed by atoms with Crippen LogP contribution in [0.4, 0.5) is 0 Å². The van der Waals surface area contributed by atoms with Crippen LogP contribution in [0.2, 0.25) is 0 Å². The topological polar surface area (TPSA) is 63.2 Å². The van der Waals surface area contributed by atoms with E-state index in [1.807, 2.05) is 18.2 Å². The Hall–Kier alpha value is -1.36. The van der Waals surface area contributed by atoms with Gasteiger partial charge < -0.3 is 5.32 Å². The van der Waals surface area contributed by atoms with Crippen molar-refractivity contribution in [1.82, 2.24) is 5.32 Å². The molecule has 1 aromatic carbocycles. The van der Waals surface area contributed by atoms with E-state index in [1.54, 1.807) is 0 Å². The second-order valence-electron chi connectivity index (χ2n) is 6.54. The predicted octanol–water partition coefficient (Wildman–Crippen LogP) is 2.47. The number of hydrogen-bond donors (Lipinski definition) is 1. The fourth-order valence-corrected chi connectivity index (χ4v) is 5.44. The van der Waals surface area contributed by atoms with Gasteiger partial charge >= 0.3 is 0 Å². The molecule has 2 fully saturated rings. The van der Waals surface area contributed by atoms with Crippen molar-refractivity contribution < 1.29 is 13.2 Å². The molecular formula is C17H23NO3S. The first-order valence-electron chi connectivity index (χ1n) is 8.11. The summed E-state index contributed by atoms with van der Waals surface area (Å²) < 4.78 is 23.2. The lowest BCUT2D eigenvalue weighted by Gasteiger charge is -2.26. The number of rotatable bonds is 4. The molecule has 1 saturated heterocycles. The van der Waals surface area contributed by atoms with Crippen molar-refractivity contribution in [1.29, 1.82) is 0 Å². The van der Waals surface area contributed by atoms with Gasteiger partial charge in [-0.15, -0.1) is 0 Å². The Morgan fingerprint density at radius 2 is 1.77 bits per heavy atom. The second kappa shape index (κ2) is 6.41. The summed E-state index contributed by atoms with van der Waals surface area (Å²) in [5, 5.41) is 3.15. The summed E-state index contributed by atoms with van der Waals surface area (Å²) in [6, 6.07) is 10.1. The summed E-state index contributed by atoms with van der Waals surface area (Å²) in [7, 11) is -3.02. The number of carbonyl (C=O) groups excluding carboxylic acids is 1. The van der Waals surface area contributed by atoms with E-state index >= 15 is 0 Å². The van der Waals surface area contributed by atoms with E-state index in [0.29, 0.717) is 12.3 Å². The molecule has 4 nitrogen and oxygen atoms in total. The number of amides is 1. The van der Waals surface area contributed by atoms with Gasteiger partial charge in [0.15, 0.2) is 9.84 Å². The van der Waals surface area contributed by atoms with E-state index in [9.17, 15) is 13.2 Å². The van der Waals surface area contributed by atoms with Gasteiger partial charge in [-0.2, -0.15) is 0 Å². The van der Waals surface area contributed by atoms with Gasteiger partial charge in [0.05, 0.1) is 23.5 Å². The monoisotopic (exact) mass is 321 g/mol. The number of nitrogens with one attached hydrogen (secondary N) is 1. The molecule has 1 saturated carbocycles. The molecule has 1 amide bonds. The van der Waals surface area contributed by atoms with Crippen LogP contribution in [0, 0.1) is 11.8 Å². The average Bonchev–Trinajstić information content (AvgIpc) is 3.15. The van der Waals surface area contributed by atoms with Crippen molar-refractivity contribution in [3.05, 3.63) is 35.9 Å². The first-order chi connectivity index (χ1) is 10.6. The van der Waals surface area contributed by atoms with Crippen LogP contribution in [-0.4, -0.2) is 25.8 Å². The van der Waals surface area contributed by atoms with Gasteiger partial charge in [-0.05, 0) is 30.7 Å². The molecule has 5 heteroatoms. The molecule has 1 aromatic rings. The van der Waals surface area contributed by atoms with Crippen molar-refractivity contribution in [2.24, 2.45) is 11.8 Å². The minimum absolute atomic E-state index is 0.00497. The van der Waals surface area contributed by atoms with E-state index < -0.39 is 9.84 Å². The van der Waals surface area contributed by atoms with Gasteiger partial charge in [-0.25, -0.2) is 8.42 Å². The molecule has 0 spiro atoms. The van der Waals surface area contributed by atoms with Crippen molar-refractivity contribution >= 4 is 15.7 Å². The van der Waals surface area contributed by atoms with Gasteiger partial charge in [0.25, 0.3) is 0 Å². The molecule has 0 bridgehead atoms. The molecule has 2 atom stereocenters. The lowest BCUT2D eigenvalue weighted by molar-refractivity contribution is -0.125. The van der Waals surface area contributed by atoms with Crippen LogP contribution in [-0.2, 0) is 14.6 Å². The highest BCUT2D eigenvalue weighted by Crippen LogP contribution is 2.36. The number of hydrogen-bond acceptors (Lipinski definition) is 3. The minimum Gasteiger partial charge on any atom is -0.349 e. The maximum Gasteiger partial charge on any atom is 0.224 e. The highest BCUT2D eigenvalue weighted by atomic mass is 32.2. The third kappa shape index (κ3) is 3.51. The molecule has 2 aliphatic rings. The lowest BCUT2D eigenvalue weighted by atomic mass is 9.91. The van der Waals surface area contributed by atoms with Crippen molar-refractivity contribution in [3.63, 3.8) is 0 Å². The standard InChI is InChI=1S/C17H23NO3S/c19-17(15-10-11-22(20,21)12-15)18-16(14-8-4-5-9-14)13-6-2-1-3-7-13/h1-3,6-7,14-16H,4-5,8-12H2,(H,18,19)/t15-,16-/m0/s1. The van der Waals surface area contributed by atoms with Crippen LogP contribution >= 0.6 is 0 Å². The SMILES string of the molecule is O=C(N[C@@H](c1ccccc1)C1CCCC1)[C@H]1CCS(=O)(=O)C1. The Balaban J connectivity index is 1.74. The third-order valence-corrected chi connectivity index (χ3v) is 6.70. The minimum atomic E-state index is -3.02. The molecule has 120 valence electrons. The van der Waals surface area contributed by atoms with Gasteiger partial charge in [0, 0.05) is 0 Å². The van der Waals surface area contributed by atoms with E-state index in [2.05, 4.69) is 17.4 Å². The van der Waals surface area contributed by atoms with Gasteiger partial charge in [-0.1, -0.05) is 43.2 Å². The third-order valence-electron chi connectivity index (χ3n) is 4.93. The smallest absolute Gasteiger partial charge is 0.224 e. The Morgan fingerprint density at radius 1 is 1.09 bits per heavy atom. The van der Waals surface area contributed by atoms with Gasteiger partial charge in [-0.3, -0.25) is 4.79 Å². The Kier molecular flexibility index (Phi) is 4.52. The van der Waals surface area contributed by atoms with E-state index in [4.69, 9.17) is 0 Å². The summed E-state index contributed by atoms with van der Waals surface area (Å²) in [5.74, 6) is 0.138. The molecule has 0 unspecified atom stereocenters. The van der Waals surface area contributed by atoms with Gasteiger partial charge in [0.1, 0.15) is 0 Å². The lowest BCUT2D eigenvalue weighted by Crippen LogP contribution is -2.37. The summed E-state index contributed by atoms with van der Waals surface area (Å²) in [4.78, 5) is 12.5. The molecule has 1 aliphatic heterocycles. The zero-order valence-corrected chi connectivity index (χ0v) is 13.5. The zero-order chi connectivity index (χ0) is 15.6. The van der Waals surface area contributed by atoms with Crippen molar-refractivity contribution in [2.75, 3.05) is 11.5 Å². The highest BCUT2D eigenvalue weighted by Gasteiger charge is 2.35. The average molecular weight is 321 g/mol. The maximum absolute atomic E-state index is 12.5. The molecule has 3 rings (SSSR count). The molecule has 22 heavy (non-hydrogen) atoms. The van der Waals surface area contributed by atoms with Crippen molar-refractivity contribution in [2.45, 2.75) is 38.1 Å². The van der Waals surface area contributed by atoms with Crippen LogP contribution in [0.15, 0.2) is 30.3 Å². The van der Waals surface area contributed by atoms with Crippen molar-refractivity contribution in [3.8, 4) is 0 Å². The van der Waals surface area contributed by atoms with E-state index in [0.717, 1.165) is 18.4 Å². The molecule has 1 aliphatic carbocycles. The summed E-state index contributed by atoms with van der Waals surface area (Å²) >= 11 is 0. The number of carbonyl (C=O) groups is 1. The molecule has 1 N–H and O–H groups in total. The first kappa shape index (κ1) is 15.5. The van der Waals surface area contributed by atoms with Crippen LogP contribution in [0.1, 0.15) is 43.7 Å². The summed E-state index contributed by atoms with van der Waals surface area (Å²) in [6.45, 7) is 0. The Labute approximate surface area is 132 Å². The fourth-order valence-electron chi connectivity index (χ4n) is 3.70. The normalized spacial score (nSPS) is 25.9. The van der Waals surface area contributed by atoms with Crippen LogP contribution < -0.4 is 5.32 Å². The molecular weight excluding hydrogens is 298 g/mol. The zero-order valence-electron chi connectivity index (χ0n) is 12.7. The number of sulfone groups is 1. The molecule has 0 aromatic heterocycles. The maximum atomic E-state index is 12.5. The van der Waals surface area contributed by atoms with E-state index in [-0.39, 0.29) is 29.4 Å². The quantitative estimate of drug-likeness (QED) is 0.926. The van der Waals surface area contributed by atoms with Crippen LogP contribution in [0.5, 0.6) is 0 Å². The Bertz CT molecular complexity index is 621. The summed E-state index contributed by atoms with van der Waals surface area (Å²) in [5.41, 5.74) is 1.13. The molecule has 1 heterocycles. The van der Waals surface area contributed by atoms with Crippen LogP contribution in [0.25, 0.3) is 0 Å². The first-order valence-corrected chi connectivity index (χ1v) is 9.93. The molecule has 0 radical (unpaired) electrons. The Morgan fingerprint density at radius 3 is 2.36 bits per heavy atom. The fraction of sp³-hybridized carbons (Fsp3) is 0.588. The second-order valence-corrected chi connectivity index (χ2v) is 8.77.